The fourth-order valence-corrected chi connectivity index (χ4v) is 3.93. The van der Waals surface area contributed by atoms with Crippen molar-refractivity contribution < 1.29 is 0 Å². The van der Waals surface area contributed by atoms with Gasteiger partial charge in [-0.1, -0.05) is 42.5 Å². The molecule has 3 heterocycles. The number of aromatic amines is 1. The molecule has 0 aliphatic heterocycles. The Kier molecular flexibility index (Phi) is 4.74. The Hall–Kier alpha value is -4.34. The Labute approximate surface area is 181 Å². The number of tetrazole rings is 1. The maximum absolute atomic E-state index is 12.5. The van der Waals surface area contributed by atoms with E-state index in [1.807, 2.05) is 66.9 Å². The minimum Gasteiger partial charge on any atom is -0.318 e. The SMILES string of the molecule is CCn1c(=O)[nH]c(=O)c2c1nc(C)n2Cc1ccc(-c2ccccc2-n2cnnn2)cc1. The van der Waals surface area contributed by atoms with E-state index in [1.54, 1.807) is 11.0 Å². The quantitative estimate of drug-likeness (QED) is 0.457. The summed E-state index contributed by atoms with van der Waals surface area (Å²) in [6.07, 6.45) is 1.56. The van der Waals surface area contributed by atoms with Crippen molar-refractivity contribution in [2.75, 3.05) is 0 Å². The van der Waals surface area contributed by atoms with E-state index in [-0.39, 0.29) is 0 Å². The van der Waals surface area contributed by atoms with E-state index in [2.05, 4.69) is 25.5 Å². The van der Waals surface area contributed by atoms with Crippen molar-refractivity contribution in [2.24, 2.45) is 0 Å². The van der Waals surface area contributed by atoms with E-state index < -0.39 is 11.2 Å². The van der Waals surface area contributed by atoms with Gasteiger partial charge in [-0.15, -0.1) is 5.10 Å². The maximum Gasteiger partial charge on any atom is 0.330 e. The normalized spacial score (nSPS) is 11.3. The number of aryl methyl sites for hydroxylation is 2. The summed E-state index contributed by atoms with van der Waals surface area (Å²) in [4.78, 5) is 31.5. The van der Waals surface area contributed by atoms with Crippen LogP contribution in [0.1, 0.15) is 18.3 Å². The van der Waals surface area contributed by atoms with Gasteiger partial charge in [0.05, 0.1) is 5.69 Å². The first-order valence-corrected chi connectivity index (χ1v) is 10.2. The van der Waals surface area contributed by atoms with Crippen molar-refractivity contribution in [1.82, 2.24) is 39.3 Å². The van der Waals surface area contributed by atoms with E-state index in [4.69, 9.17) is 0 Å². The van der Waals surface area contributed by atoms with Crippen LogP contribution in [0.3, 0.4) is 0 Å². The molecule has 5 aromatic rings. The first-order chi connectivity index (χ1) is 15.6. The Morgan fingerprint density at radius 3 is 2.50 bits per heavy atom. The van der Waals surface area contributed by atoms with Gasteiger partial charge in [0, 0.05) is 18.7 Å². The number of nitrogens with one attached hydrogen (secondary N) is 1. The number of hydrogen-bond acceptors (Lipinski definition) is 6. The molecule has 0 fully saturated rings. The van der Waals surface area contributed by atoms with Crippen LogP contribution in [0.15, 0.2) is 64.4 Å². The van der Waals surface area contributed by atoms with Crippen LogP contribution in [0, 0.1) is 6.92 Å². The third-order valence-corrected chi connectivity index (χ3v) is 5.50. The summed E-state index contributed by atoms with van der Waals surface area (Å²) in [7, 11) is 0. The van der Waals surface area contributed by atoms with E-state index in [1.165, 1.54) is 4.57 Å². The van der Waals surface area contributed by atoms with Crippen LogP contribution in [0.4, 0.5) is 0 Å². The molecule has 0 bridgehead atoms. The predicted molar refractivity (Wildman–Crippen MR) is 119 cm³/mol. The lowest BCUT2D eigenvalue weighted by molar-refractivity contribution is 0.717. The summed E-state index contributed by atoms with van der Waals surface area (Å²) in [5, 5.41) is 11.4. The van der Waals surface area contributed by atoms with Gasteiger partial charge in [0.15, 0.2) is 11.2 Å². The Morgan fingerprint density at radius 1 is 1.00 bits per heavy atom. The molecule has 2 aromatic carbocycles. The molecule has 32 heavy (non-hydrogen) atoms. The van der Waals surface area contributed by atoms with Crippen LogP contribution in [-0.4, -0.2) is 39.3 Å². The van der Waals surface area contributed by atoms with Gasteiger partial charge in [-0.25, -0.2) is 9.78 Å². The minimum atomic E-state index is -0.444. The summed E-state index contributed by atoms with van der Waals surface area (Å²) in [6, 6.07) is 16.0. The molecule has 10 nitrogen and oxygen atoms in total. The smallest absolute Gasteiger partial charge is 0.318 e. The number of fused-ring (bicyclic) bond motifs is 1. The topological polar surface area (TPSA) is 116 Å². The van der Waals surface area contributed by atoms with Gasteiger partial charge in [-0.3, -0.25) is 14.3 Å². The summed E-state index contributed by atoms with van der Waals surface area (Å²) in [6.45, 7) is 4.57. The molecule has 0 radical (unpaired) electrons. The van der Waals surface area contributed by atoms with Crippen molar-refractivity contribution in [2.45, 2.75) is 26.9 Å². The molecule has 0 unspecified atom stereocenters. The second-order valence-electron chi connectivity index (χ2n) is 7.39. The minimum absolute atomic E-state index is 0.400. The Morgan fingerprint density at radius 2 is 1.78 bits per heavy atom. The van der Waals surface area contributed by atoms with E-state index >= 15 is 0 Å². The van der Waals surface area contributed by atoms with Crippen LogP contribution in [0.2, 0.25) is 0 Å². The number of nitrogens with zero attached hydrogens (tertiary/aromatic N) is 7. The van der Waals surface area contributed by atoms with Crippen molar-refractivity contribution in [3.05, 3.63) is 87.1 Å². The van der Waals surface area contributed by atoms with Crippen molar-refractivity contribution in [3.63, 3.8) is 0 Å². The van der Waals surface area contributed by atoms with Gasteiger partial charge in [0.25, 0.3) is 5.56 Å². The molecule has 0 aliphatic rings. The van der Waals surface area contributed by atoms with Crippen molar-refractivity contribution in [3.8, 4) is 16.8 Å². The molecule has 5 rings (SSSR count). The highest BCUT2D eigenvalue weighted by Gasteiger charge is 2.16. The average molecular weight is 428 g/mol. The molecule has 1 N–H and O–H groups in total. The summed E-state index contributed by atoms with van der Waals surface area (Å²) in [5.74, 6) is 0.673. The number of rotatable bonds is 5. The van der Waals surface area contributed by atoms with Crippen LogP contribution in [0.25, 0.3) is 28.0 Å². The standard InChI is InChI=1S/C22H20N8O2/c1-3-28-20-19(21(31)25-22(28)32)29(14(2)24-20)12-15-8-10-16(11-9-15)17-6-4-5-7-18(17)30-13-23-26-27-30/h4-11,13H,3,12H2,1-2H3,(H,25,31,32). The van der Waals surface area contributed by atoms with Gasteiger partial charge in [0.1, 0.15) is 12.2 Å². The molecule has 3 aromatic heterocycles. The molecule has 10 heteroatoms. The highest BCUT2D eigenvalue weighted by molar-refractivity contribution is 5.73. The number of benzene rings is 2. The summed E-state index contributed by atoms with van der Waals surface area (Å²) in [5.41, 5.74) is 3.84. The highest BCUT2D eigenvalue weighted by Crippen LogP contribution is 2.26. The Bertz CT molecular complexity index is 1530. The monoisotopic (exact) mass is 428 g/mol. The highest BCUT2D eigenvalue weighted by atomic mass is 16.2. The number of aromatic nitrogens is 8. The second-order valence-corrected chi connectivity index (χ2v) is 7.39. The molecule has 0 saturated carbocycles. The summed E-state index contributed by atoms with van der Waals surface area (Å²) < 4.78 is 4.94. The molecule has 0 spiro atoms. The molecule has 0 saturated heterocycles. The van der Waals surface area contributed by atoms with Crippen LogP contribution in [0.5, 0.6) is 0 Å². The zero-order valence-electron chi connectivity index (χ0n) is 17.6. The zero-order chi connectivity index (χ0) is 22.2. The predicted octanol–water partition coefficient (Wildman–Crippen LogP) is 1.91. The number of imidazole rings is 1. The van der Waals surface area contributed by atoms with Gasteiger partial charge in [-0.05, 0) is 41.5 Å². The fraction of sp³-hybridized carbons (Fsp3) is 0.182. The van der Waals surface area contributed by atoms with Crippen molar-refractivity contribution in [1.29, 1.82) is 0 Å². The van der Waals surface area contributed by atoms with Gasteiger partial charge in [-0.2, -0.15) is 4.68 Å². The molecule has 160 valence electrons. The molecule has 0 atom stereocenters. The zero-order valence-corrected chi connectivity index (χ0v) is 17.6. The molecule has 0 aliphatic carbocycles. The molecular formula is C22H20N8O2. The van der Waals surface area contributed by atoms with E-state index in [0.29, 0.717) is 30.1 Å². The first kappa shape index (κ1) is 19.6. The third-order valence-electron chi connectivity index (χ3n) is 5.50. The van der Waals surface area contributed by atoms with Crippen LogP contribution < -0.4 is 11.2 Å². The average Bonchev–Trinajstić information content (AvgIpc) is 3.44. The van der Waals surface area contributed by atoms with Crippen molar-refractivity contribution >= 4 is 11.2 Å². The first-order valence-electron chi connectivity index (χ1n) is 10.2. The Balaban J connectivity index is 1.53. The molecular weight excluding hydrogens is 408 g/mol. The van der Waals surface area contributed by atoms with Gasteiger partial charge < -0.3 is 4.57 Å². The lowest BCUT2D eigenvalue weighted by Gasteiger charge is -2.11. The number of H-pyrrole nitrogens is 1. The van der Waals surface area contributed by atoms with Gasteiger partial charge in [0.2, 0.25) is 0 Å². The molecule has 0 amide bonds. The van der Waals surface area contributed by atoms with Crippen LogP contribution in [-0.2, 0) is 13.1 Å². The number of para-hydroxylation sites is 1. The second kappa shape index (κ2) is 7.73. The largest absolute Gasteiger partial charge is 0.330 e. The lowest BCUT2D eigenvalue weighted by Crippen LogP contribution is -2.30. The maximum atomic E-state index is 12.5. The van der Waals surface area contributed by atoms with E-state index in [9.17, 15) is 9.59 Å². The lowest BCUT2D eigenvalue weighted by atomic mass is 10.0. The van der Waals surface area contributed by atoms with E-state index in [0.717, 1.165) is 22.4 Å². The van der Waals surface area contributed by atoms with Gasteiger partial charge >= 0.3 is 5.69 Å². The fourth-order valence-electron chi connectivity index (χ4n) is 3.93. The van der Waals surface area contributed by atoms with Crippen LogP contribution >= 0.6 is 0 Å². The third kappa shape index (κ3) is 3.22. The number of hydrogen-bond donors (Lipinski definition) is 1. The summed E-state index contributed by atoms with van der Waals surface area (Å²) >= 11 is 0.